The Morgan fingerprint density at radius 1 is 1.53 bits per heavy atom. The van der Waals surface area contributed by atoms with Gasteiger partial charge in [0.05, 0.1) is 12.7 Å². The van der Waals surface area contributed by atoms with Crippen LogP contribution < -0.4 is 4.74 Å². The van der Waals surface area contributed by atoms with Gasteiger partial charge in [-0.05, 0) is 24.3 Å². The van der Waals surface area contributed by atoms with Gasteiger partial charge in [-0.3, -0.25) is 0 Å². The summed E-state index contributed by atoms with van der Waals surface area (Å²) in [7, 11) is 1.34. The zero-order valence-corrected chi connectivity index (χ0v) is 8.88. The summed E-state index contributed by atoms with van der Waals surface area (Å²) in [6, 6.07) is 5.28. The molecule has 0 atom stereocenters. The summed E-state index contributed by atoms with van der Waals surface area (Å²) >= 11 is 5.84. The van der Waals surface area contributed by atoms with E-state index >= 15 is 0 Å². The molecule has 0 N–H and O–H groups in total. The molecule has 78 valence electrons. The van der Waals surface area contributed by atoms with Crippen LogP contribution >= 0.6 is 11.6 Å². The van der Waals surface area contributed by atoms with Crippen molar-refractivity contribution in [3.63, 3.8) is 0 Å². The minimum Gasteiger partial charge on any atom is -0.488 e. The van der Waals surface area contributed by atoms with Gasteiger partial charge in [0.25, 0.3) is 0 Å². The summed E-state index contributed by atoms with van der Waals surface area (Å²) in [6.07, 6.45) is 1.73. The molecule has 1 aromatic rings. The van der Waals surface area contributed by atoms with Crippen LogP contribution in [0.25, 0.3) is 6.08 Å². The lowest BCUT2D eigenvalue weighted by molar-refractivity contribution is -0.136. The Balaban J connectivity index is 2.39. The minimum atomic E-state index is -0.374. The lowest BCUT2D eigenvalue weighted by atomic mass is 10.1. The van der Waals surface area contributed by atoms with Crippen LogP contribution in [0.2, 0.25) is 5.02 Å². The molecule has 0 aromatic heterocycles. The SMILES string of the molecule is COC(=O)C1=Cc2cc(Cl)ccc2OC1. The number of rotatable bonds is 1. The van der Waals surface area contributed by atoms with Crippen molar-refractivity contribution in [3.8, 4) is 5.75 Å². The van der Waals surface area contributed by atoms with Crippen LogP contribution in [0, 0.1) is 0 Å². The number of methoxy groups -OCH3 is 1. The van der Waals surface area contributed by atoms with Crippen molar-refractivity contribution in [3.05, 3.63) is 34.4 Å². The van der Waals surface area contributed by atoms with E-state index in [2.05, 4.69) is 4.74 Å². The number of ether oxygens (including phenoxy) is 2. The second-order valence-electron chi connectivity index (χ2n) is 3.13. The Hall–Kier alpha value is -1.48. The number of esters is 1. The smallest absolute Gasteiger partial charge is 0.337 e. The quantitative estimate of drug-likeness (QED) is 0.687. The summed E-state index contributed by atoms with van der Waals surface area (Å²) in [5, 5.41) is 0.611. The van der Waals surface area contributed by atoms with Gasteiger partial charge in [0.1, 0.15) is 12.4 Å². The monoisotopic (exact) mass is 224 g/mol. The van der Waals surface area contributed by atoms with Crippen molar-refractivity contribution in [2.45, 2.75) is 0 Å². The predicted molar refractivity (Wildman–Crippen MR) is 56.9 cm³/mol. The molecule has 0 radical (unpaired) electrons. The first-order valence-corrected chi connectivity index (χ1v) is 4.80. The van der Waals surface area contributed by atoms with Crippen LogP contribution in [0.1, 0.15) is 5.56 Å². The number of hydrogen-bond donors (Lipinski definition) is 0. The zero-order valence-electron chi connectivity index (χ0n) is 8.12. The Morgan fingerprint density at radius 2 is 2.33 bits per heavy atom. The van der Waals surface area contributed by atoms with Gasteiger partial charge in [0.2, 0.25) is 0 Å². The summed E-state index contributed by atoms with van der Waals surface area (Å²) < 4.78 is 10.0. The minimum absolute atomic E-state index is 0.237. The molecule has 1 aliphatic heterocycles. The third-order valence-corrected chi connectivity index (χ3v) is 2.37. The maximum atomic E-state index is 11.3. The van der Waals surface area contributed by atoms with Crippen molar-refractivity contribution >= 4 is 23.6 Å². The standard InChI is InChI=1S/C11H9ClO3/c1-14-11(13)8-4-7-5-9(12)2-3-10(7)15-6-8/h2-5H,6H2,1H3. The fraction of sp³-hybridized carbons (Fsp3) is 0.182. The fourth-order valence-electron chi connectivity index (χ4n) is 1.40. The first-order chi connectivity index (χ1) is 7.20. The van der Waals surface area contributed by atoms with Gasteiger partial charge in [-0.25, -0.2) is 4.79 Å². The van der Waals surface area contributed by atoms with Gasteiger partial charge in [0, 0.05) is 10.6 Å². The largest absolute Gasteiger partial charge is 0.488 e. The topological polar surface area (TPSA) is 35.5 Å². The highest BCUT2D eigenvalue weighted by Gasteiger charge is 2.17. The maximum Gasteiger partial charge on any atom is 0.337 e. The van der Waals surface area contributed by atoms with Crippen LogP contribution in [0.5, 0.6) is 5.75 Å². The zero-order chi connectivity index (χ0) is 10.8. The summed E-state index contributed by atoms with van der Waals surface area (Å²) in [5.41, 5.74) is 1.29. The van der Waals surface area contributed by atoms with Gasteiger partial charge in [0.15, 0.2) is 0 Å². The Kier molecular flexibility index (Phi) is 2.64. The first-order valence-electron chi connectivity index (χ1n) is 4.42. The molecule has 0 amide bonds. The van der Waals surface area contributed by atoms with E-state index in [0.29, 0.717) is 10.6 Å². The van der Waals surface area contributed by atoms with Crippen molar-refractivity contribution in [2.75, 3.05) is 13.7 Å². The van der Waals surface area contributed by atoms with E-state index in [-0.39, 0.29) is 12.6 Å². The van der Waals surface area contributed by atoms with Gasteiger partial charge in [-0.1, -0.05) is 11.6 Å². The van der Waals surface area contributed by atoms with E-state index < -0.39 is 0 Å². The van der Waals surface area contributed by atoms with Crippen LogP contribution in [0.15, 0.2) is 23.8 Å². The predicted octanol–water partition coefficient (Wildman–Crippen LogP) is 2.29. The third-order valence-electron chi connectivity index (χ3n) is 2.13. The molecule has 1 heterocycles. The van der Waals surface area contributed by atoms with E-state index in [4.69, 9.17) is 16.3 Å². The molecule has 1 aromatic carbocycles. The van der Waals surface area contributed by atoms with Gasteiger partial charge < -0.3 is 9.47 Å². The molecular formula is C11H9ClO3. The fourth-order valence-corrected chi connectivity index (χ4v) is 1.58. The maximum absolute atomic E-state index is 11.3. The normalized spacial score (nSPS) is 13.6. The van der Waals surface area contributed by atoms with Crippen molar-refractivity contribution in [2.24, 2.45) is 0 Å². The molecule has 0 unspecified atom stereocenters. The molecule has 0 aliphatic carbocycles. The average Bonchev–Trinajstić information content (AvgIpc) is 2.27. The van der Waals surface area contributed by atoms with Crippen molar-refractivity contribution in [1.29, 1.82) is 0 Å². The van der Waals surface area contributed by atoms with E-state index in [0.717, 1.165) is 11.3 Å². The molecule has 0 spiro atoms. The van der Waals surface area contributed by atoms with Gasteiger partial charge >= 0.3 is 5.97 Å². The number of benzene rings is 1. The average molecular weight is 225 g/mol. The third kappa shape index (κ3) is 1.97. The summed E-state index contributed by atoms with van der Waals surface area (Å²) in [5.74, 6) is 0.354. The van der Waals surface area contributed by atoms with Crippen LogP contribution in [0.3, 0.4) is 0 Å². The summed E-state index contributed by atoms with van der Waals surface area (Å²) in [4.78, 5) is 11.3. The van der Waals surface area contributed by atoms with E-state index in [9.17, 15) is 4.79 Å². The van der Waals surface area contributed by atoms with Crippen LogP contribution in [0.4, 0.5) is 0 Å². The molecule has 4 heteroatoms. The van der Waals surface area contributed by atoms with Gasteiger partial charge in [-0.2, -0.15) is 0 Å². The Morgan fingerprint density at radius 3 is 3.07 bits per heavy atom. The number of carbonyl (C=O) groups is 1. The van der Waals surface area contributed by atoms with E-state index in [1.165, 1.54) is 7.11 Å². The Labute approximate surface area is 92.3 Å². The molecule has 0 saturated carbocycles. The van der Waals surface area contributed by atoms with E-state index in [1.807, 2.05) is 0 Å². The summed E-state index contributed by atoms with van der Waals surface area (Å²) in [6.45, 7) is 0.237. The molecule has 0 saturated heterocycles. The molecular weight excluding hydrogens is 216 g/mol. The molecule has 3 nitrogen and oxygen atoms in total. The molecule has 0 fully saturated rings. The highest BCUT2D eigenvalue weighted by Crippen LogP contribution is 2.29. The van der Waals surface area contributed by atoms with Gasteiger partial charge in [-0.15, -0.1) is 0 Å². The van der Waals surface area contributed by atoms with Crippen molar-refractivity contribution < 1.29 is 14.3 Å². The molecule has 0 bridgehead atoms. The molecule has 2 rings (SSSR count). The van der Waals surface area contributed by atoms with Crippen LogP contribution in [-0.4, -0.2) is 19.7 Å². The Bertz CT molecular complexity index is 437. The lowest BCUT2D eigenvalue weighted by Gasteiger charge is -2.16. The van der Waals surface area contributed by atoms with Crippen LogP contribution in [-0.2, 0) is 9.53 Å². The highest BCUT2D eigenvalue weighted by atomic mass is 35.5. The number of halogens is 1. The second-order valence-corrected chi connectivity index (χ2v) is 3.57. The van der Waals surface area contributed by atoms with E-state index in [1.54, 1.807) is 24.3 Å². The highest BCUT2D eigenvalue weighted by molar-refractivity contribution is 6.30. The molecule has 1 aliphatic rings. The first kappa shape index (κ1) is 10.1. The number of fused-ring (bicyclic) bond motifs is 1. The number of hydrogen-bond acceptors (Lipinski definition) is 3. The lowest BCUT2D eigenvalue weighted by Crippen LogP contribution is -2.15. The second kappa shape index (κ2) is 3.95. The molecule has 15 heavy (non-hydrogen) atoms. The van der Waals surface area contributed by atoms with Crippen molar-refractivity contribution in [1.82, 2.24) is 0 Å². The number of carbonyl (C=O) groups excluding carboxylic acids is 1.